The van der Waals surface area contributed by atoms with Gasteiger partial charge in [-0.3, -0.25) is 9.59 Å². The van der Waals surface area contributed by atoms with Crippen LogP contribution in [0.25, 0.3) is 0 Å². The molecule has 0 radical (unpaired) electrons. The van der Waals surface area contributed by atoms with Crippen molar-refractivity contribution in [2.24, 2.45) is 4.99 Å². The number of thioether (sulfide) groups is 1. The van der Waals surface area contributed by atoms with Gasteiger partial charge in [0.15, 0.2) is 5.17 Å². The Bertz CT molecular complexity index is 899. The number of nitrogens with one attached hydrogen (secondary N) is 2. The number of amidine groups is 1. The fourth-order valence-corrected chi connectivity index (χ4v) is 3.61. The minimum absolute atomic E-state index is 0.0573. The molecule has 1 heterocycles. The second-order valence-electron chi connectivity index (χ2n) is 6.34. The zero-order chi connectivity index (χ0) is 20.6. The van der Waals surface area contributed by atoms with Crippen LogP contribution in [0.1, 0.15) is 19.8 Å². The molecular formula is C21H23N3O4S. The van der Waals surface area contributed by atoms with Crippen LogP contribution in [-0.4, -0.2) is 35.9 Å². The molecule has 1 aliphatic rings. The lowest BCUT2D eigenvalue weighted by Crippen LogP contribution is -2.28. The van der Waals surface area contributed by atoms with Gasteiger partial charge in [-0.05, 0) is 42.8 Å². The lowest BCUT2D eigenvalue weighted by Gasteiger charge is -2.09. The number of rotatable bonds is 8. The Morgan fingerprint density at radius 1 is 1.21 bits per heavy atom. The number of amides is 2. The van der Waals surface area contributed by atoms with Crippen LogP contribution in [0.2, 0.25) is 0 Å². The monoisotopic (exact) mass is 413 g/mol. The highest BCUT2D eigenvalue weighted by Crippen LogP contribution is 2.27. The van der Waals surface area contributed by atoms with Gasteiger partial charge in [0, 0.05) is 18.2 Å². The molecule has 1 fully saturated rings. The molecule has 0 unspecified atom stereocenters. The number of ether oxygens (including phenoxy) is 2. The average molecular weight is 413 g/mol. The minimum atomic E-state index is -0.522. The summed E-state index contributed by atoms with van der Waals surface area (Å²) in [5, 5.41) is 5.48. The number of hydrogen-bond acceptors (Lipinski definition) is 6. The maximum Gasteiger partial charge on any atom is 0.240 e. The Hall–Kier alpha value is -3.00. The van der Waals surface area contributed by atoms with Crippen molar-refractivity contribution < 1.29 is 19.1 Å². The third kappa shape index (κ3) is 5.99. The van der Waals surface area contributed by atoms with Crippen LogP contribution in [0.3, 0.4) is 0 Å². The van der Waals surface area contributed by atoms with E-state index in [2.05, 4.69) is 15.6 Å². The van der Waals surface area contributed by atoms with Gasteiger partial charge >= 0.3 is 0 Å². The van der Waals surface area contributed by atoms with E-state index < -0.39 is 5.25 Å². The van der Waals surface area contributed by atoms with Crippen LogP contribution in [0.5, 0.6) is 11.5 Å². The predicted molar refractivity (Wildman–Crippen MR) is 115 cm³/mol. The molecule has 29 heavy (non-hydrogen) atoms. The standard InChI is InChI=1S/C21H23N3O4S/c1-3-11-28-16-9-7-14(8-10-16)22-19(25)13-18-20(26)24-21(29-18)23-15-5-4-6-17(12-15)27-2/h4-10,12,18H,3,11,13H2,1-2H3,(H,22,25)(H,23,24,26)/t18-/m0/s1. The quantitative estimate of drug-likeness (QED) is 0.688. The summed E-state index contributed by atoms with van der Waals surface area (Å²) in [4.78, 5) is 28.9. The summed E-state index contributed by atoms with van der Waals surface area (Å²) in [6.07, 6.45) is 0.991. The van der Waals surface area contributed by atoms with Crippen molar-refractivity contribution in [2.75, 3.05) is 19.0 Å². The molecule has 1 atom stereocenters. The van der Waals surface area contributed by atoms with E-state index in [4.69, 9.17) is 9.47 Å². The van der Waals surface area contributed by atoms with Crippen LogP contribution in [0.15, 0.2) is 53.5 Å². The average Bonchev–Trinajstić information content (AvgIpc) is 3.06. The molecule has 2 amide bonds. The van der Waals surface area contributed by atoms with Crippen molar-refractivity contribution in [3.8, 4) is 11.5 Å². The number of nitrogens with zero attached hydrogens (tertiary/aromatic N) is 1. The van der Waals surface area contributed by atoms with E-state index in [1.807, 2.05) is 25.1 Å². The third-order valence-corrected chi connectivity index (χ3v) is 5.12. The first-order chi connectivity index (χ1) is 14.1. The highest BCUT2D eigenvalue weighted by atomic mass is 32.2. The van der Waals surface area contributed by atoms with Gasteiger partial charge < -0.3 is 20.1 Å². The summed E-state index contributed by atoms with van der Waals surface area (Å²) < 4.78 is 10.7. The molecule has 0 aliphatic carbocycles. The first-order valence-electron chi connectivity index (χ1n) is 9.30. The number of aliphatic imine (C=N–C) groups is 1. The van der Waals surface area contributed by atoms with Crippen LogP contribution in [-0.2, 0) is 9.59 Å². The van der Waals surface area contributed by atoms with Gasteiger partial charge in [0.2, 0.25) is 11.8 Å². The van der Waals surface area contributed by atoms with Crippen molar-refractivity contribution in [3.63, 3.8) is 0 Å². The van der Waals surface area contributed by atoms with Crippen molar-refractivity contribution in [1.82, 2.24) is 5.32 Å². The van der Waals surface area contributed by atoms with Crippen LogP contribution in [0, 0.1) is 0 Å². The predicted octanol–water partition coefficient (Wildman–Crippen LogP) is 3.73. The molecule has 152 valence electrons. The van der Waals surface area contributed by atoms with E-state index in [9.17, 15) is 9.59 Å². The largest absolute Gasteiger partial charge is 0.497 e. The minimum Gasteiger partial charge on any atom is -0.497 e. The Balaban J connectivity index is 1.55. The van der Waals surface area contributed by atoms with Gasteiger partial charge in [-0.1, -0.05) is 24.8 Å². The van der Waals surface area contributed by atoms with E-state index in [0.29, 0.717) is 28.9 Å². The van der Waals surface area contributed by atoms with E-state index in [-0.39, 0.29) is 18.2 Å². The molecule has 0 bridgehead atoms. The number of carbonyl (C=O) groups excluding carboxylic acids is 2. The zero-order valence-electron chi connectivity index (χ0n) is 16.3. The number of hydrogen-bond donors (Lipinski definition) is 2. The molecule has 7 nitrogen and oxygen atoms in total. The summed E-state index contributed by atoms with van der Waals surface area (Å²) in [5.41, 5.74) is 1.33. The van der Waals surface area contributed by atoms with Crippen molar-refractivity contribution >= 4 is 40.1 Å². The van der Waals surface area contributed by atoms with E-state index in [1.165, 1.54) is 11.8 Å². The van der Waals surface area contributed by atoms with Crippen LogP contribution in [0.4, 0.5) is 11.4 Å². The molecule has 0 aromatic heterocycles. The van der Waals surface area contributed by atoms with Gasteiger partial charge in [-0.25, -0.2) is 4.99 Å². The van der Waals surface area contributed by atoms with Gasteiger partial charge in [0.1, 0.15) is 16.7 Å². The second kappa shape index (κ2) is 9.97. The number of methoxy groups -OCH3 is 1. The molecular weight excluding hydrogens is 390 g/mol. The normalized spacial score (nSPS) is 17.1. The summed E-state index contributed by atoms with van der Waals surface area (Å²) in [5.74, 6) is 0.981. The molecule has 0 saturated carbocycles. The summed E-state index contributed by atoms with van der Waals surface area (Å²) in [6.45, 7) is 2.69. The zero-order valence-corrected chi connectivity index (χ0v) is 17.1. The number of benzene rings is 2. The van der Waals surface area contributed by atoms with E-state index >= 15 is 0 Å². The van der Waals surface area contributed by atoms with Crippen molar-refractivity contribution in [3.05, 3.63) is 48.5 Å². The second-order valence-corrected chi connectivity index (χ2v) is 7.53. The molecule has 1 aliphatic heterocycles. The summed E-state index contributed by atoms with van der Waals surface area (Å²) in [6, 6.07) is 14.4. The van der Waals surface area contributed by atoms with Crippen molar-refractivity contribution in [1.29, 1.82) is 0 Å². The van der Waals surface area contributed by atoms with Gasteiger partial charge in [-0.15, -0.1) is 0 Å². The number of carbonyl (C=O) groups is 2. The Morgan fingerprint density at radius 2 is 2.00 bits per heavy atom. The summed E-state index contributed by atoms with van der Waals surface area (Å²) in [7, 11) is 1.58. The fraction of sp³-hybridized carbons (Fsp3) is 0.286. The molecule has 0 spiro atoms. The maximum atomic E-state index is 12.3. The summed E-state index contributed by atoms with van der Waals surface area (Å²) >= 11 is 1.25. The lowest BCUT2D eigenvalue weighted by molar-refractivity contribution is -0.122. The first kappa shape index (κ1) is 20.7. The van der Waals surface area contributed by atoms with Crippen molar-refractivity contribution in [2.45, 2.75) is 25.0 Å². The molecule has 1 saturated heterocycles. The highest BCUT2D eigenvalue weighted by Gasteiger charge is 2.32. The van der Waals surface area contributed by atoms with Crippen LogP contribution < -0.4 is 20.1 Å². The topological polar surface area (TPSA) is 89.0 Å². The molecule has 3 rings (SSSR count). The molecule has 8 heteroatoms. The van der Waals surface area contributed by atoms with E-state index in [1.54, 1.807) is 37.4 Å². The van der Waals surface area contributed by atoms with Gasteiger partial charge in [0.05, 0.1) is 19.4 Å². The first-order valence-corrected chi connectivity index (χ1v) is 10.2. The number of anilines is 1. The molecule has 2 aromatic rings. The molecule has 2 N–H and O–H groups in total. The Labute approximate surface area is 173 Å². The van der Waals surface area contributed by atoms with Gasteiger partial charge in [0.25, 0.3) is 0 Å². The van der Waals surface area contributed by atoms with Gasteiger partial charge in [-0.2, -0.15) is 0 Å². The third-order valence-electron chi connectivity index (χ3n) is 4.04. The maximum absolute atomic E-state index is 12.3. The smallest absolute Gasteiger partial charge is 0.240 e. The lowest BCUT2D eigenvalue weighted by atomic mass is 10.2. The molecule has 2 aromatic carbocycles. The SMILES string of the molecule is CCCOc1ccc(NC(=O)C[C@@H]2SC(=Nc3cccc(OC)c3)NC2=O)cc1. The highest BCUT2D eigenvalue weighted by molar-refractivity contribution is 8.15. The Morgan fingerprint density at radius 3 is 2.72 bits per heavy atom. The Kier molecular flexibility index (Phi) is 7.13. The fourth-order valence-electron chi connectivity index (χ4n) is 2.62. The van der Waals surface area contributed by atoms with Crippen LogP contribution >= 0.6 is 11.8 Å². The van der Waals surface area contributed by atoms with E-state index in [0.717, 1.165) is 12.2 Å².